The smallest absolute Gasteiger partial charge is 0.223 e. The Morgan fingerprint density at radius 1 is 0.595 bits per heavy atom. The maximum Gasteiger partial charge on any atom is 0.223 e. The molecule has 1 aliphatic carbocycles. The molecule has 7 aromatic heterocycles. The van der Waals surface area contributed by atoms with Gasteiger partial charge in [-0.15, -0.1) is 0 Å². The standard InChI is InChI=1S/C23H27N3O3.C22H28N4O2.C20H23N5O2/c1-23(2)15-24-10-19(29-23)14-28-22-9-17(8-21-20(22)4-3-6-25-21)16-5-7-26(11-16)18-12-27-13-18;1-15(2)26-12-17(10-25-26)16-8-20-19(6-5-7-24-20)21(9-16)27-13-18-11-23-14-22(3,4)28-18;1-25-11-14(9-23-25)17-8-18-16(4-2-7-22-18)19(24-17)26-12-15-10-21-13-20(27-15)5-3-6-20/h3-9,11,18-19,24H,10,12-15H2,1-2H3;5-10,12,15,18,23H,11,13-14H2,1-4H3;2,4,7-9,11,15,21H,3,5-6,10,12-13H2,1H3/t19-;18-;15-/m000/s1. The number of aromatic nitrogens is 9. The molecular weight excluding hydrogens is 1060 g/mol. The van der Waals surface area contributed by atoms with Crippen LogP contribution < -0.4 is 30.2 Å². The topological polar surface area (TPSA) is 193 Å². The molecule has 0 radical (unpaired) electrons. The van der Waals surface area contributed by atoms with Crippen LogP contribution in [-0.4, -0.2) is 151 Å². The molecule has 3 atom stereocenters. The van der Waals surface area contributed by atoms with E-state index in [2.05, 4.69) is 142 Å². The van der Waals surface area contributed by atoms with Gasteiger partial charge in [-0.2, -0.15) is 10.2 Å². The van der Waals surface area contributed by atoms with E-state index in [0.717, 1.165) is 143 Å². The molecule has 2 aromatic carbocycles. The zero-order chi connectivity index (χ0) is 57.8. The Balaban J connectivity index is 0.000000124. The summed E-state index contributed by atoms with van der Waals surface area (Å²) >= 11 is 0. The Kier molecular flexibility index (Phi) is 16.8. The van der Waals surface area contributed by atoms with Crippen LogP contribution in [0.1, 0.15) is 72.9 Å². The molecule has 1 saturated carbocycles. The number of benzene rings is 2. The number of ether oxygens (including phenoxy) is 7. The van der Waals surface area contributed by atoms with Crippen LogP contribution in [0.3, 0.4) is 0 Å². The number of nitrogens with one attached hydrogen (secondary N) is 3. The van der Waals surface area contributed by atoms with Crippen molar-refractivity contribution in [3.63, 3.8) is 0 Å². The molecule has 1 spiro atoms. The lowest BCUT2D eigenvalue weighted by molar-refractivity contribution is -0.165. The first-order chi connectivity index (χ1) is 40.7. The summed E-state index contributed by atoms with van der Waals surface area (Å²) in [6, 6.07) is 25.2. The Morgan fingerprint density at radius 2 is 1.15 bits per heavy atom. The second-order valence-electron chi connectivity index (χ2n) is 24.3. The summed E-state index contributed by atoms with van der Waals surface area (Å²) < 4.78 is 48.5. The lowest BCUT2D eigenvalue weighted by Crippen LogP contribution is -2.58. The fourth-order valence-electron chi connectivity index (χ4n) is 11.4. The summed E-state index contributed by atoms with van der Waals surface area (Å²) in [4.78, 5) is 18.3. The molecule has 5 aliphatic rings. The lowest BCUT2D eigenvalue weighted by Gasteiger charge is -2.47. The van der Waals surface area contributed by atoms with Crippen molar-refractivity contribution in [2.24, 2.45) is 7.05 Å². The van der Waals surface area contributed by atoms with Gasteiger partial charge in [-0.05, 0) is 150 Å². The van der Waals surface area contributed by atoms with E-state index in [1.54, 1.807) is 17.1 Å². The molecule has 14 rings (SSSR count). The van der Waals surface area contributed by atoms with E-state index in [1.807, 2.05) is 72.9 Å². The Hall–Kier alpha value is -7.36. The molecule has 3 N–H and O–H groups in total. The Labute approximate surface area is 490 Å². The summed E-state index contributed by atoms with van der Waals surface area (Å²) in [6.07, 6.45) is 21.0. The molecule has 0 amide bonds. The molecular formula is C65H78N12O7. The molecule has 0 unspecified atom stereocenters. The number of nitrogens with zero attached hydrogens (tertiary/aromatic N) is 9. The van der Waals surface area contributed by atoms with Gasteiger partial charge in [0.25, 0.3) is 0 Å². The van der Waals surface area contributed by atoms with Crippen LogP contribution in [0, 0.1) is 0 Å². The van der Waals surface area contributed by atoms with Gasteiger partial charge in [-0.1, -0.05) is 0 Å². The van der Waals surface area contributed by atoms with Crippen LogP contribution >= 0.6 is 0 Å². The predicted octanol–water partition coefficient (Wildman–Crippen LogP) is 9.57. The third-order valence-electron chi connectivity index (χ3n) is 16.1. The van der Waals surface area contributed by atoms with E-state index in [4.69, 9.17) is 38.1 Å². The number of pyridine rings is 4. The van der Waals surface area contributed by atoms with Crippen molar-refractivity contribution in [3.05, 3.63) is 129 Å². The minimum Gasteiger partial charge on any atom is -0.490 e. The second-order valence-corrected chi connectivity index (χ2v) is 24.3. The van der Waals surface area contributed by atoms with Crippen molar-refractivity contribution in [2.45, 2.75) is 108 Å². The Morgan fingerprint density at radius 3 is 1.69 bits per heavy atom. The summed E-state index contributed by atoms with van der Waals surface area (Å²) in [6.45, 7) is 20.7. The third kappa shape index (κ3) is 13.4. The monoisotopic (exact) mass is 1140 g/mol. The van der Waals surface area contributed by atoms with Crippen LogP contribution in [0.15, 0.2) is 129 Å². The van der Waals surface area contributed by atoms with E-state index in [0.29, 0.717) is 37.8 Å². The van der Waals surface area contributed by atoms with E-state index >= 15 is 0 Å². The van der Waals surface area contributed by atoms with Gasteiger partial charge in [0.1, 0.15) is 49.6 Å². The normalized spacial score (nSPS) is 20.8. The third-order valence-corrected chi connectivity index (χ3v) is 16.1. The molecule has 4 aliphatic heterocycles. The number of hydrogen-bond donors (Lipinski definition) is 3. The van der Waals surface area contributed by atoms with E-state index in [1.165, 1.54) is 6.42 Å². The largest absolute Gasteiger partial charge is 0.490 e. The minimum absolute atomic E-state index is 0.0165. The first-order valence-corrected chi connectivity index (χ1v) is 29.6. The zero-order valence-electron chi connectivity index (χ0n) is 49.3. The fourth-order valence-corrected chi connectivity index (χ4v) is 11.4. The van der Waals surface area contributed by atoms with Crippen molar-refractivity contribution >= 4 is 32.7 Å². The van der Waals surface area contributed by atoms with Crippen molar-refractivity contribution in [1.82, 2.24) is 60.0 Å². The van der Waals surface area contributed by atoms with Crippen molar-refractivity contribution in [2.75, 3.05) is 72.3 Å². The molecule has 0 bridgehead atoms. The highest BCUT2D eigenvalue weighted by Gasteiger charge is 2.42. The summed E-state index contributed by atoms with van der Waals surface area (Å²) in [5, 5.41) is 22.0. The van der Waals surface area contributed by atoms with Crippen molar-refractivity contribution in [1.29, 1.82) is 0 Å². The van der Waals surface area contributed by atoms with Gasteiger partial charge < -0.3 is 53.7 Å². The maximum atomic E-state index is 6.32. The highest BCUT2D eigenvalue weighted by Crippen LogP contribution is 2.39. The van der Waals surface area contributed by atoms with Crippen LogP contribution in [0.25, 0.3) is 66.2 Å². The Bertz CT molecular complexity index is 3700. The molecule has 440 valence electrons. The zero-order valence-corrected chi connectivity index (χ0v) is 49.3. The lowest BCUT2D eigenvalue weighted by atomic mass is 9.79. The van der Waals surface area contributed by atoms with Gasteiger partial charge in [-0.3, -0.25) is 24.3 Å². The molecule has 19 heteroatoms. The van der Waals surface area contributed by atoms with Crippen LogP contribution in [0.4, 0.5) is 0 Å². The number of hydrogen-bond acceptors (Lipinski definition) is 16. The van der Waals surface area contributed by atoms with Crippen LogP contribution in [0.2, 0.25) is 0 Å². The van der Waals surface area contributed by atoms with E-state index in [9.17, 15) is 0 Å². The number of morpholine rings is 3. The number of rotatable bonds is 14. The molecule has 5 fully saturated rings. The van der Waals surface area contributed by atoms with Gasteiger partial charge in [0.05, 0.1) is 76.1 Å². The van der Waals surface area contributed by atoms with Gasteiger partial charge in [-0.25, -0.2) is 4.98 Å². The molecule has 9 aromatic rings. The van der Waals surface area contributed by atoms with E-state index < -0.39 is 0 Å². The highest BCUT2D eigenvalue weighted by atomic mass is 16.6. The first-order valence-electron chi connectivity index (χ1n) is 29.6. The van der Waals surface area contributed by atoms with Crippen LogP contribution in [-0.2, 0) is 26.0 Å². The van der Waals surface area contributed by atoms with Crippen molar-refractivity contribution < 1.29 is 33.2 Å². The fraction of sp³-hybridized carbons (Fsp3) is 0.446. The second kappa shape index (κ2) is 24.7. The molecule has 11 heterocycles. The van der Waals surface area contributed by atoms with Gasteiger partial charge in [0.2, 0.25) is 5.88 Å². The van der Waals surface area contributed by atoms with E-state index in [-0.39, 0.29) is 35.1 Å². The van der Waals surface area contributed by atoms with Gasteiger partial charge >= 0.3 is 0 Å². The summed E-state index contributed by atoms with van der Waals surface area (Å²) in [5.41, 5.74) is 8.51. The maximum absolute atomic E-state index is 6.32. The quantitative estimate of drug-likeness (QED) is 0.0931. The molecule has 19 nitrogen and oxygen atoms in total. The van der Waals surface area contributed by atoms with Crippen LogP contribution in [0.5, 0.6) is 17.4 Å². The van der Waals surface area contributed by atoms with Gasteiger partial charge in [0, 0.05) is 118 Å². The highest BCUT2D eigenvalue weighted by molar-refractivity contribution is 5.91. The molecule has 84 heavy (non-hydrogen) atoms. The SMILES string of the molecule is CC(C)n1cc(-c2cc(OC[C@@H]3CNCC(C)(C)O3)c3cccnc3c2)cn1.CC1(C)CNC[C@@H](COc2cc(-c3ccn(C4COC4)c3)cc3ncccc23)O1.Cn1cc(-c2cc3ncccc3c(OC[C@@H]3CNCC4(CCC4)O3)n2)cn1. The first kappa shape index (κ1) is 57.1. The number of aryl methyl sites for hydroxylation is 1. The predicted molar refractivity (Wildman–Crippen MR) is 325 cm³/mol. The molecule has 4 saturated heterocycles. The summed E-state index contributed by atoms with van der Waals surface area (Å²) in [7, 11) is 1.89. The van der Waals surface area contributed by atoms with Gasteiger partial charge in [0.15, 0.2) is 0 Å². The number of fused-ring (bicyclic) bond motifs is 3. The minimum atomic E-state index is -0.177. The van der Waals surface area contributed by atoms with Crippen molar-refractivity contribution in [3.8, 4) is 50.9 Å². The average molecular weight is 1140 g/mol. The summed E-state index contributed by atoms with van der Waals surface area (Å²) in [5.74, 6) is 2.26. The average Bonchev–Trinajstić information content (AvgIpc) is 3.91.